The number of amidine groups is 1. The van der Waals surface area contributed by atoms with Gasteiger partial charge in [-0.15, -0.1) is 0 Å². The molecule has 98 valence electrons. The molecule has 8 heteroatoms. The molecule has 19 heavy (non-hydrogen) atoms. The van der Waals surface area contributed by atoms with E-state index in [1.165, 1.54) is 24.5 Å². The van der Waals surface area contributed by atoms with Crippen LogP contribution in [0.15, 0.2) is 29.5 Å². The van der Waals surface area contributed by atoms with Gasteiger partial charge < -0.3 is 0 Å². The summed E-state index contributed by atoms with van der Waals surface area (Å²) in [6, 6.07) is 3.00. The summed E-state index contributed by atoms with van der Waals surface area (Å²) in [6.45, 7) is 2.17. The van der Waals surface area contributed by atoms with E-state index in [4.69, 9.17) is 0 Å². The van der Waals surface area contributed by atoms with Crippen LogP contribution in [0.3, 0.4) is 0 Å². The molecule has 0 aromatic carbocycles. The Labute approximate surface area is 113 Å². The van der Waals surface area contributed by atoms with Crippen LogP contribution in [-0.2, 0) is 9.59 Å². The summed E-state index contributed by atoms with van der Waals surface area (Å²) in [7, 11) is 0. The maximum absolute atomic E-state index is 11.9. The smallest absolute Gasteiger partial charge is 0.275 e. The molecule has 1 fully saturated rings. The number of nitrogens with one attached hydrogen (secondary N) is 1. The molecule has 2 rings (SSSR count). The van der Waals surface area contributed by atoms with E-state index in [9.17, 15) is 14.4 Å². The number of carbonyl (C=O) groups is 3. The molecule has 1 saturated heterocycles. The molecule has 1 N–H and O–H groups in total. The van der Waals surface area contributed by atoms with E-state index in [2.05, 4.69) is 15.4 Å². The summed E-state index contributed by atoms with van der Waals surface area (Å²) in [6.07, 6.45) is 2.92. The van der Waals surface area contributed by atoms with Gasteiger partial charge in [0.05, 0.1) is 0 Å². The third-order valence-corrected chi connectivity index (χ3v) is 3.06. The molecule has 0 spiro atoms. The number of hydrogen-bond acceptors (Lipinski definition) is 6. The highest BCUT2D eigenvalue weighted by molar-refractivity contribution is 8.28. The minimum Gasteiger partial charge on any atom is -0.275 e. The van der Waals surface area contributed by atoms with Crippen molar-refractivity contribution in [1.82, 2.24) is 15.4 Å². The van der Waals surface area contributed by atoms with Crippen molar-refractivity contribution in [3.8, 4) is 0 Å². The number of hydrogen-bond donors (Lipinski definition) is 1. The molecular formula is C11H10N4O3S. The lowest BCUT2D eigenvalue weighted by atomic mass is 10.2. The number of aromatic nitrogens is 1. The highest BCUT2D eigenvalue weighted by atomic mass is 32.2. The van der Waals surface area contributed by atoms with Gasteiger partial charge in [-0.3, -0.25) is 29.8 Å². The van der Waals surface area contributed by atoms with Crippen LogP contribution in [0, 0.1) is 0 Å². The van der Waals surface area contributed by atoms with Gasteiger partial charge in [-0.2, -0.15) is 5.01 Å². The Morgan fingerprint density at radius 3 is 2.74 bits per heavy atom. The molecule has 2 amide bonds. The van der Waals surface area contributed by atoms with Gasteiger partial charge in [-0.1, -0.05) is 0 Å². The van der Waals surface area contributed by atoms with E-state index in [1.807, 2.05) is 0 Å². The Balaban J connectivity index is 2.17. The Kier molecular flexibility index (Phi) is 3.91. The normalized spacial score (nSPS) is 17.1. The zero-order valence-corrected chi connectivity index (χ0v) is 10.8. The molecule has 0 aliphatic carbocycles. The molecule has 0 unspecified atom stereocenters. The predicted octanol–water partition coefficient (Wildman–Crippen LogP) is 0.204. The molecule has 0 saturated carbocycles. The number of carbonyl (C=O) groups excluding carboxylic acids is 3. The number of aliphatic imine (C=N–C) groups is 1. The summed E-state index contributed by atoms with van der Waals surface area (Å²) in [4.78, 5) is 42.6. The topological polar surface area (TPSA) is 91.7 Å². The summed E-state index contributed by atoms with van der Waals surface area (Å²) in [5.74, 6) is -1.31. The second-order valence-corrected chi connectivity index (χ2v) is 4.40. The first-order valence-electron chi connectivity index (χ1n) is 5.45. The number of thioether (sulfide) groups is 1. The van der Waals surface area contributed by atoms with E-state index in [0.717, 1.165) is 5.01 Å². The van der Waals surface area contributed by atoms with Crippen molar-refractivity contribution in [3.63, 3.8) is 0 Å². The molecule has 7 nitrogen and oxygen atoms in total. The lowest BCUT2D eigenvalue weighted by Gasteiger charge is -2.15. The Bertz CT molecular complexity index is 558. The van der Waals surface area contributed by atoms with Gasteiger partial charge >= 0.3 is 5.91 Å². The lowest BCUT2D eigenvalue weighted by Crippen LogP contribution is -2.46. The van der Waals surface area contributed by atoms with Crippen LogP contribution in [0.4, 0.5) is 0 Å². The Hall–Kier alpha value is -2.22. The number of hydrazine groups is 1. The van der Waals surface area contributed by atoms with Gasteiger partial charge in [0.1, 0.15) is 0 Å². The molecular weight excluding hydrogens is 268 g/mol. The summed E-state index contributed by atoms with van der Waals surface area (Å²) in [5, 5.41) is 0.390. The van der Waals surface area contributed by atoms with Crippen molar-refractivity contribution in [2.24, 2.45) is 4.99 Å². The molecule has 1 aliphatic rings. The maximum atomic E-state index is 11.9. The molecule has 0 atom stereocenters. The van der Waals surface area contributed by atoms with Gasteiger partial charge in [-0.25, -0.2) is 0 Å². The Morgan fingerprint density at radius 1 is 1.42 bits per heavy atom. The maximum Gasteiger partial charge on any atom is 0.326 e. The number of pyridine rings is 1. The van der Waals surface area contributed by atoms with Gasteiger partial charge in [0.2, 0.25) is 0 Å². The predicted molar refractivity (Wildman–Crippen MR) is 69.1 cm³/mol. The Morgan fingerprint density at radius 2 is 2.11 bits per heavy atom. The van der Waals surface area contributed by atoms with Crippen LogP contribution in [0.25, 0.3) is 0 Å². The van der Waals surface area contributed by atoms with Gasteiger partial charge in [0, 0.05) is 24.5 Å². The first-order valence-corrected chi connectivity index (χ1v) is 6.27. The van der Waals surface area contributed by atoms with E-state index in [1.54, 1.807) is 6.92 Å². The second-order valence-electron chi connectivity index (χ2n) is 3.46. The largest absolute Gasteiger partial charge is 0.326 e. The van der Waals surface area contributed by atoms with Crippen LogP contribution < -0.4 is 5.43 Å². The van der Waals surface area contributed by atoms with Gasteiger partial charge in [-0.05, 0) is 30.8 Å². The average molecular weight is 278 g/mol. The van der Waals surface area contributed by atoms with E-state index < -0.39 is 16.9 Å². The molecule has 1 aromatic rings. The summed E-state index contributed by atoms with van der Waals surface area (Å²) in [5.41, 5.74) is 2.69. The molecule has 0 radical (unpaired) electrons. The second kappa shape index (κ2) is 5.61. The SMILES string of the molecule is CCN=C1SC(=O)C(=O)N1NC(=O)c1ccncc1. The third kappa shape index (κ3) is 2.79. The van der Waals surface area contributed by atoms with E-state index in [0.29, 0.717) is 23.9 Å². The molecule has 2 heterocycles. The fraction of sp³-hybridized carbons (Fsp3) is 0.182. The van der Waals surface area contributed by atoms with Crippen LogP contribution >= 0.6 is 11.8 Å². The van der Waals surface area contributed by atoms with Crippen molar-refractivity contribution < 1.29 is 14.4 Å². The molecule has 1 aromatic heterocycles. The van der Waals surface area contributed by atoms with Crippen LogP contribution in [-0.4, -0.2) is 38.6 Å². The van der Waals surface area contributed by atoms with Crippen LogP contribution in [0.5, 0.6) is 0 Å². The lowest BCUT2D eigenvalue weighted by molar-refractivity contribution is -0.137. The van der Waals surface area contributed by atoms with Crippen molar-refractivity contribution in [3.05, 3.63) is 30.1 Å². The monoisotopic (exact) mass is 278 g/mol. The zero-order valence-electron chi connectivity index (χ0n) is 9.99. The fourth-order valence-corrected chi connectivity index (χ4v) is 2.11. The highest BCUT2D eigenvalue weighted by Crippen LogP contribution is 2.19. The fourth-order valence-electron chi connectivity index (χ4n) is 1.36. The highest BCUT2D eigenvalue weighted by Gasteiger charge is 2.38. The van der Waals surface area contributed by atoms with E-state index >= 15 is 0 Å². The van der Waals surface area contributed by atoms with Crippen molar-refractivity contribution in [2.45, 2.75) is 6.92 Å². The number of rotatable bonds is 3. The van der Waals surface area contributed by atoms with Gasteiger partial charge in [0.25, 0.3) is 11.0 Å². The molecule has 1 aliphatic heterocycles. The van der Waals surface area contributed by atoms with Crippen LogP contribution in [0.1, 0.15) is 17.3 Å². The quantitative estimate of drug-likeness (QED) is 0.798. The minimum absolute atomic E-state index is 0.180. The summed E-state index contributed by atoms with van der Waals surface area (Å²) < 4.78 is 0. The number of nitrogens with zero attached hydrogens (tertiary/aromatic N) is 3. The number of amides is 2. The third-order valence-electron chi connectivity index (χ3n) is 2.20. The first kappa shape index (κ1) is 13.2. The molecule has 0 bridgehead atoms. The van der Waals surface area contributed by atoms with Gasteiger partial charge in [0.15, 0.2) is 5.17 Å². The zero-order chi connectivity index (χ0) is 13.8. The summed E-state index contributed by atoms with van der Waals surface area (Å²) >= 11 is 0.704. The van der Waals surface area contributed by atoms with Crippen molar-refractivity contribution in [1.29, 1.82) is 0 Å². The van der Waals surface area contributed by atoms with Crippen molar-refractivity contribution >= 4 is 33.9 Å². The van der Waals surface area contributed by atoms with Crippen LogP contribution in [0.2, 0.25) is 0 Å². The van der Waals surface area contributed by atoms with Crippen molar-refractivity contribution in [2.75, 3.05) is 6.54 Å². The minimum atomic E-state index is -0.806. The first-order chi connectivity index (χ1) is 9.13. The standard InChI is InChI=1S/C11H10N4O3S/c1-2-13-11-15(9(17)10(18)19-11)14-8(16)7-3-5-12-6-4-7/h3-6H,2H2,1H3,(H,14,16). The average Bonchev–Trinajstić information content (AvgIpc) is 2.68. The van der Waals surface area contributed by atoms with E-state index in [-0.39, 0.29) is 5.17 Å².